The Balaban J connectivity index is 1.92. The predicted octanol–water partition coefficient (Wildman–Crippen LogP) is 2.90. The summed E-state index contributed by atoms with van der Waals surface area (Å²) in [4.78, 5) is 24.7. The van der Waals surface area contributed by atoms with Crippen molar-refractivity contribution in [3.63, 3.8) is 0 Å². The van der Waals surface area contributed by atoms with E-state index in [1.807, 2.05) is 6.92 Å². The van der Waals surface area contributed by atoms with Crippen LogP contribution in [0, 0.1) is 0 Å². The summed E-state index contributed by atoms with van der Waals surface area (Å²) in [6.07, 6.45) is 3.79. The maximum absolute atomic E-state index is 12.8. The van der Waals surface area contributed by atoms with E-state index in [1.54, 1.807) is 19.1 Å². The van der Waals surface area contributed by atoms with Crippen molar-refractivity contribution in [1.29, 1.82) is 0 Å². The van der Waals surface area contributed by atoms with Crippen LogP contribution in [-0.2, 0) is 9.53 Å². The fraction of sp³-hybridized carbons (Fsp3) is 0.474. The monoisotopic (exact) mass is 360 g/mol. The molecule has 26 heavy (non-hydrogen) atoms. The molecular formula is C19H24N2O5. The molecule has 0 spiro atoms. The lowest BCUT2D eigenvalue weighted by atomic mass is 9.95. The Labute approximate surface area is 152 Å². The molecule has 0 radical (unpaired) electrons. The summed E-state index contributed by atoms with van der Waals surface area (Å²) >= 11 is 0. The van der Waals surface area contributed by atoms with Crippen LogP contribution >= 0.6 is 0 Å². The largest absolute Gasteiger partial charge is 0.504 e. The minimum Gasteiger partial charge on any atom is -0.504 e. The first-order chi connectivity index (χ1) is 12.5. The van der Waals surface area contributed by atoms with Crippen molar-refractivity contribution in [2.75, 3.05) is 6.61 Å². The van der Waals surface area contributed by atoms with Crippen LogP contribution in [0.3, 0.4) is 0 Å². The van der Waals surface area contributed by atoms with Gasteiger partial charge in [0.25, 0.3) is 0 Å². The van der Waals surface area contributed by atoms with Crippen molar-refractivity contribution in [1.82, 2.24) is 10.6 Å². The molecule has 2 aliphatic rings. The summed E-state index contributed by atoms with van der Waals surface area (Å²) in [5, 5.41) is 15.3. The van der Waals surface area contributed by atoms with Crippen molar-refractivity contribution in [3.8, 4) is 11.5 Å². The summed E-state index contributed by atoms with van der Waals surface area (Å²) in [6.45, 7) is 3.88. The molecule has 3 rings (SSSR count). The molecule has 1 aromatic rings. The minimum absolute atomic E-state index is 0.00615. The van der Waals surface area contributed by atoms with E-state index in [-0.39, 0.29) is 11.9 Å². The third kappa shape index (κ3) is 3.76. The van der Waals surface area contributed by atoms with Crippen molar-refractivity contribution in [2.45, 2.75) is 51.7 Å². The van der Waals surface area contributed by atoms with Crippen LogP contribution in [0.25, 0.3) is 0 Å². The topological polar surface area (TPSA) is 96.9 Å². The van der Waals surface area contributed by atoms with Crippen LogP contribution in [0.15, 0.2) is 29.5 Å². The van der Waals surface area contributed by atoms with Crippen molar-refractivity contribution >= 4 is 12.0 Å². The highest BCUT2D eigenvalue weighted by atomic mass is 16.5. The van der Waals surface area contributed by atoms with E-state index < -0.39 is 18.0 Å². The number of benzene rings is 1. The van der Waals surface area contributed by atoms with Gasteiger partial charge < -0.3 is 25.2 Å². The second-order valence-corrected chi connectivity index (χ2v) is 6.54. The molecule has 2 amide bonds. The molecule has 0 saturated heterocycles. The van der Waals surface area contributed by atoms with Crippen LogP contribution < -0.4 is 15.4 Å². The SMILES string of the molecule is CCOc1cc([C@@H]2NC(=O)NC(C)=C2C(=O)OC2CCCC2)ccc1O. The van der Waals surface area contributed by atoms with Gasteiger partial charge in [0.05, 0.1) is 18.2 Å². The maximum atomic E-state index is 12.8. The lowest BCUT2D eigenvalue weighted by molar-refractivity contribution is -0.144. The molecule has 1 aliphatic heterocycles. The number of carbonyl (C=O) groups is 2. The Hall–Kier alpha value is -2.70. The molecule has 0 unspecified atom stereocenters. The second kappa shape index (κ2) is 7.68. The Kier molecular flexibility index (Phi) is 5.35. The number of phenolic OH excluding ortho intramolecular Hbond substituents is 1. The number of hydrogen-bond acceptors (Lipinski definition) is 5. The number of amides is 2. The standard InChI is InChI=1S/C19H24N2O5/c1-3-25-15-10-12(8-9-14(15)22)17-16(11(2)20-19(24)21-17)18(23)26-13-6-4-5-7-13/h8-10,13,17,22H,3-7H2,1-2H3,(H2,20,21,24)/t17-/m0/s1. The zero-order valence-electron chi connectivity index (χ0n) is 15.0. The molecule has 1 aromatic carbocycles. The van der Waals surface area contributed by atoms with E-state index >= 15 is 0 Å². The number of ether oxygens (including phenoxy) is 2. The van der Waals surface area contributed by atoms with Gasteiger partial charge in [0.15, 0.2) is 11.5 Å². The van der Waals surface area contributed by atoms with Crippen LogP contribution in [0.1, 0.15) is 51.1 Å². The quantitative estimate of drug-likeness (QED) is 0.702. The van der Waals surface area contributed by atoms with E-state index in [9.17, 15) is 14.7 Å². The highest BCUT2D eigenvalue weighted by Crippen LogP contribution is 2.34. The maximum Gasteiger partial charge on any atom is 0.338 e. The van der Waals surface area contributed by atoms with Gasteiger partial charge in [-0.15, -0.1) is 0 Å². The fourth-order valence-electron chi connectivity index (χ4n) is 3.42. The third-order valence-corrected chi connectivity index (χ3v) is 4.68. The number of nitrogens with one attached hydrogen (secondary N) is 2. The van der Waals surface area contributed by atoms with Gasteiger partial charge in [0, 0.05) is 5.70 Å². The molecule has 140 valence electrons. The van der Waals surface area contributed by atoms with Gasteiger partial charge in [-0.2, -0.15) is 0 Å². The first-order valence-corrected chi connectivity index (χ1v) is 8.94. The number of carbonyl (C=O) groups excluding carboxylic acids is 2. The summed E-state index contributed by atoms with van der Waals surface area (Å²) in [5.41, 5.74) is 1.47. The average molecular weight is 360 g/mol. The molecular weight excluding hydrogens is 336 g/mol. The smallest absolute Gasteiger partial charge is 0.338 e. The van der Waals surface area contributed by atoms with Gasteiger partial charge in [-0.05, 0) is 57.2 Å². The van der Waals surface area contributed by atoms with E-state index in [1.165, 1.54) is 6.07 Å². The van der Waals surface area contributed by atoms with Crippen molar-refractivity contribution in [2.24, 2.45) is 0 Å². The normalized spacial score (nSPS) is 20.5. The zero-order chi connectivity index (χ0) is 18.7. The number of rotatable bonds is 5. The third-order valence-electron chi connectivity index (χ3n) is 4.68. The van der Waals surface area contributed by atoms with Gasteiger partial charge in [-0.3, -0.25) is 0 Å². The Bertz CT molecular complexity index is 737. The molecule has 0 bridgehead atoms. The van der Waals surface area contributed by atoms with Crippen molar-refractivity contribution in [3.05, 3.63) is 35.0 Å². The van der Waals surface area contributed by atoms with Crippen molar-refractivity contribution < 1.29 is 24.2 Å². The van der Waals surface area contributed by atoms with Gasteiger partial charge in [-0.1, -0.05) is 6.07 Å². The zero-order valence-corrected chi connectivity index (χ0v) is 15.0. The molecule has 7 heteroatoms. The highest BCUT2D eigenvalue weighted by Gasteiger charge is 2.34. The number of aromatic hydroxyl groups is 1. The van der Waals surface area contributed by atoms with Gasteiger partial charge in [0.1, 0.15) is 6.10 Å². The summed E-state index contributed by atoms with van der Waals surface area (Å²) in [5.74, 6) is -0.122. The van der Waals surface area contributed by atoms with Gasteiger partial charge in [0.2, 0.25) is 0 Å². The first kappa shape index (κ1) is 18.1. The summed E-state index contributed by atoms with van der Waals surface area (Å²) in [6, 6.07) is 3.72. The first-order valence-electron chi connectivity index (χ1n) is 8.94. The molecule has 7 nitrogen and oxygen atoms in total. The number of hydrogen-bond donors (Lipinski definition) is 3. The number of esters is 1. The number of allylic oxidation sites excluding steroid dienone is 1. The van der Waals surface area contributed by atoms with Gasteiger partial charge >= 0.3 is 12.0 Å². The van der Waals surface area contributed by atoms with E-state index in [4.69, 9.17) is 9.47 Å². The Morgan fingerprint density at radius 1 is 1.31 bits per heavy atom. The van der Waals surface area contributed by atoms with E-state index in [0.29, 0.717) is 29.2 Å². The molecule has 0 aromatic heterocycles. The minimum atomic E-state index is -0.669. The summed E-state index contributed by atoms with van der Waals surface area (Å²) < 4.78 is 11.1. The molecule has 1 aliphatic carbocycles. The van der Waals surface area contributed by atoms with Crippen LogP contribution in [0.2, 0.25) is 0 Å². The fourth-order valence-corrected chi connectivity index (χ4v) is 3.42. The van der Waals surface area contributed by atoms with E-state index in [2.05, 4.69) is 10.6 Å². The lowest BCUT2D eigenvalue weighted by Gasteiger charge is -2.29. The predicted molar refractivity (Wildman–Crippen MR) is 94.7 cm³/mol. The lowest BCUT2D eigenvalue weighted by Crippen LogP contribution is -2.45. The Morgan fingerprint density at radius 2 is 2.04 bits per heavy atom. The van der Waals surface area contributed by atoms with Crippen LogP contribution in [0.5, 0.6) is 11.5 Å². The second-order valence-electron chi connectivity index (χ2n) is 6.54. The molecule has 1 heterocycles. The molecule has 1 saturated carbocycles. The highest BCUT2D eigenvalue weighted by molar-refractivity contribution is 5.95. The van der Waals surface area contributed by atoms with Gasteiger partial charge in [-0.25, -0.2) is 9.59 Å². The Morgan fingerprint density at radius 3 is 2.73 bits per heavy atom. The summed E-state index contributed by atoms with van der Waals surface area (Å²) in [7, 11) is 0. The molecule has 3 N–H and O–H groups in total. The van der Waals surface area contributed by atoms with Crippen LogP contribution in [0.4, 0.5) is 4.79 Å². The average Bonchev–Trinajstić information content (AvgIpc) is 3.09. The molecule has 1 atom stereocenters. The van der Waals surface area contributed by atoms with E-state index in [0.717, 1.165) is 25.7 Å². The number of phenols is 1. The molecule has 1 fully saturated rings. The van der Waals surface area contributed by atoms with Crippen LogP contribution in [-0.4, -0.2) is 29.8 Å². The number of urea groups is 1.